The highest BCUT2D eigenvalue weighted by atomic mass is 35.5. The fourth-order valence-electron chi connectivity index (χ4n) is 2.56. The van der Waals surface area contributed by atoms with E-state index >= 15 is 0 Å². The van der Waals surface area contributed by atoms with E-state index in [1.165, 1.54) is 48.5 Å². The van der Waals surface area contributed by atoms with Crippen molar-refractivity contribution in [2.45, 2.75) is 10.6 Å². The van der Waals surface area contributed by atoms with Crippen molar-refractivity contribution in [3.63, 3.8) is 0 Å². The van der Waals surface area contributed by atoms with Crippen LogP contribution in [0.15, 0.2) is 65.6 Å². The van der Waals surface area contributed by atoms with E-state index in [0.717, 1.165) is 0 Å². The van der Waals surface area contributed by atoms with Gasteiger partial charge in [-0.25, -0.2) is 16.8 Å². The minimum atomic E-state index is -3.98. The molecule has 0 aliphatic rings. The SMILES string of the molecule is O=S(=O)(Cc1c(Cl)cccc1Cl)Nc1ccc(S(=O)(=O)Nc2cccc(Cl)c2Cl)cc1. The Labute approximate surface area is 200 Å². The third-order valence-corrected chi connectivity index (χ3v) is 8.15. The summed E-state index contributed by atoms with van der Waals surface area (Å²) >= 11 is 24.0. The second kappa shape index (κ2) is 9.44. The maximum atomic E-state index is 12.6. The molecule has 0 bridgehead atoms. The van der Waals surface area contributed by atoms with E-state index in [4.69, 9.17) is 46.4 Å². The minimum absolute atomic E-state index is 0.0651. The third-order valence-electron chi connectivity index (χ3n) is 4.03. The lowest BCUT2D eigenvalue weighted by Gasteiger charge is -2.12. The van der Waals surface area contributed by atoms with Gasteiger partial charge in [0.05, 0.1) is 26.4 Å². The van der Waals surface area contributed by atoms with Gasteiger partial charge in [-0.15, -0.1) is 0 Å². The fourth-order valence-corrected chi connectivity index (χ4v) is 5.99. The highest BCUT2D eigenvalue weighted by molar-refractivity contribution is 7.92. The van der Waals surface area contributed by atoms with Crippen LogP contribution in [0.3, 0.4) is 0 Å². The van der Waals surface area contributed by atoms with Crippen LogP contribution >= 0.6 is 46.4 Å². The summed E-state index contributed by atoms with van der Waals surface area (Å²) in [5, 5.41) is 0.718. The number of halogens is 4. The molecule has 0 radical (unpaired) electrons. The molecule has 6 nitrogen and oxygen atoms in total. The summed E-state index contributed by atoms with van der Waals surface area (Å²) in [6.45, 7) is 0. The molecule has 0 aliphatic carbocycles. The molecule has 12 heteroatoms. The first-order valence-electron chi connectivity index (χ1n) is 8.49. The number of hydrogen-bond donors (Lipinski definition) is 2. The average molecular weight is 540 g/mol. The second-order valence-corrected chi connectivity index (χ2v) is 11.3. The van der Waals surface area contributed by atoms with E-state index in [-0.39, 0.29) is 41.9 Å². The summed E-state index contributed by atoms with van der Waals surface area (Å²) in [5.74, 6) is -0.444. The van der Waals surface area contributed by atoms with Crippen molar-refractivity contribution in [2.75, 3.05) is 9.44 Å². The first kappa shape index (κ1) is 24.0. The number of nitrogens with one attached hydrogen (secondary N) is 2. The molecule has 0 spiro atoms. The van der Waals surface area contributed by atoms with Crippen LogP contribution < -0.4 is 9.44 Å². The van der Waals surface area contributed by atoms with Crippen molar-refractivity contribution in [3.05, 3.63) is 86.3 Å². The number of benzene rings is 3. The number of rotatable bonds is 7. The van der Waals surface area contributed by atoms with Gasteiger partial charge in [0, 0.05) is 21.3 Å². The summed E-state index contributed by atoms with van der Waals surface area (Å²) in [5.41, 5.74) is 0.554. The second-order valence-electron chi connectivity index (χ2n) is 6.29. The zero-order chi connectivity index (χ0) is 22.8. The van der Waals surface area contributed by atoms with E-state index in [1.54, 1.807) is 12.1 Å². The van der Waals surface area contributed by atoms with Crippen LogP contribution in [0.4, 0.5) is 11.4 Å². The molecule has 0 aromatic heterocycles. The highest BCUT2D eigenvalue weighted by Crippen LogP contribution is 2.31. The lowest BCUT2D eigenvalue weighted by molar-refractivity contribution is 0.599. The summed E-state index contributed by atoms with van der Waals surface area (Å²) in [4.78, 5) is -0.0966. The molecular formula is C19H14Cl4N2O4S2. The van der Waals surface area contributed by atoms with Crippen LogP contribution in [0.2, 0.25) is 20.1 Å². The number of sulfonamides is 2. The van der Waals surface area contributed by atoms with E-state index in [1.807, 2.05) is 0 Å². The molecule has 3 rings (SSSR count). The maximum Gasteiger partial charge on any atom is 0.261 e. The van der Waals surface area contributed by atoms with Crippen molar-refractivity contribution >= 4 is 77.8 Å². The summed E-state index contributed by atoms with van der Waals surface area (Å²) in [6, 6.07) is 14.4. The third kappa shape index (κ3) is 5.97. The Morgan fingerprint density at radius 2 is 1.23 bits per heavy atom. The van der Waals surface area contributed by atoms with Gasteiger partial charge in [-0.1, -0.05) is 58.5 Å². The van der Waals surface area contributed by atoms with Crippen LogP contribution in [-0.4, -0.2) is 16.8 Å². The molecule has 3 aromatic carbocycles. The topological polar surface area (TPSA) is 92.3 Å². The van der Waals surface area contributed by atoms with Gasteiger partial charge < -0.3 is 0 Å². The molecule has 0 unspecified atom stereocenters. The van der Waals surface area contributed by atoms with Gasteiger partial charge in [0.2, 0.25) is 10.0 Å². The van der Waals surface area contributed by atoms with Crippen molar-refractivity contribution < 1.29 is 16.8 Å². The first-order valence-corrected chi connectivity index (χ1v) is 13.1. The van der Waals surface area contributed by atoms with Crippen molar-refractivity contribution in [2.24, 2.45) is 0 Å². The molecular weight excluding hydrogens is 526 g/mol. The van der Waals surface area contributed by atoms with E-state index in [0.29, 0.717) is 0 Å². The van der Waals surface area contributed by atoms with E-state index < -0.39 is 25.8 Å². The smallest absolute Gasteiger partial charge is 0.261 e. The Morgan fingerprint density at radius 1 is 0.677 bits per heavy atom. The fraction of sp³-hybridized carbons (Fsp3) is 0.0526. The lowest BCUT2D eigenvalue weighted by atomic mass is 10.2. The van der Waals surface area contributed by atoms with Crippen LogP contribution in [0.5, 0.6) is 0 Å². The average Bonchev–Trinajstić information content (AvgIpc) is 2.68. The predicted octanol–water partition coefficient (Wildman–Crippen LogP) is 6.04. The molecule has 0 saturated carbocycles. The monoisotopic (exact) mass is 538 g/mol. The van der Waals surface area contributed by atoms with Crippen LogP contribution in [0.25, 0.3) is 0 Å². The quantitative estimate of drug-likeness (QED) is 0.382. The molecule has 0 saturated heterocycles. The highest BCUT2D eigenvalue weighted by Gasteiger charge is 2.19. The Morgan fingerprint density at radius 3 is 1.84 bits per heavy atom. The zero-order valence-electron chi connectivity index (χ0n) is 15.4. The van der Waals surface area contributed by atoms with Gasteiger partial charge in [0.15, 0.2) is 0 Å². The van der Waals surface area contributed by atoms with E-state index in [9.17, 15) is 16.8 Å². The maximum absolute atomic E-state index is 12.6. The summed E-state index contributed by atoms with van der Waals surface area (Å²) in [6.07, 6.45) is 0. The summed E-state index contributed by atoms with van der Waals surface area (Å²) in [7, 11) is -7.83. The molecule has 3 aromatic rings. The standard InChI is InChI=1S/C19H14Cl4N2O4S2/c20-15-3-1-4-16(21)14(15)11-30(26,27)24-12-7-9-13(10-8-12)31(28,29)25-18-6-2-5-17(22)19(18)23/h1-10,24-25H,11H2. The Bertz CT molecular complexity index is 1310. The molecule has 0 amide bonds. The van der Waals surface area contributed by atoms with Gasteiger partial charge in [-0.3, -0.25) is 9.44 Å². The molecule has 0 atom stereocenters. The molecule has 0 aliphatic heterocycles. The van der Waals surface area contributed by atoms with Crippen LogP contribution in [-0.2, 0) is 25.8 Å². The first-order chi connectivity index (χ1) is 14.5. The Kier molecular flexibility index (Phi) is 7.30. The molecule has 0 fully saturated rings. The van der Waals surface area contributed by atoms with Crippen molar-refractivity contribution in [1.29, 1.82) is 0 Å². The van der Waals surface area contributed by atoms with Crippen molar-refractivity contribution in [3.8, 4) is 0 Å². The molecule has 164 valence electrons. The molecule has 0 heterocycles. The van der Waals surface area contributed by atoms with Gasteiger partial charge in [-0.2, -0.15) is 0 Å². The van der Waals surface area contributed by atoms with Crippen LogP contribution in [0, 0.1) is 0 Å². The van der Waals surface area contributed by atoms with Gasteiger partial charge in [0.25, 0.3) is 10.0 Å². The Hall–Kier alpha value is -1.68. The van der Waals surface area contributed by atoms with Crippen LogP contribution in [0.1, 0.15) is 5.56 Å². The zero-order valence-corrected chi connectivity index (χ0v) is 20.1. The van der Waals surface area contributed by atoms with Crippen molar-refractivity contribution in [1.82, 2.24) is 0 Å². The number of hydrogen-bond acceptors (Lipinski definition) is 4. The summed E-state index contributed by atoms with van der Waals surface area (Å²) < 4.78 is 54.9. The van der Waals surface area contributed by atoms with Gasteiger partial charge in [0.1, 0.15) is 0 Å². The lowest BCUT2D eigenvalue weighted by Crippen LogP contribution is -2.16. The molecule has 31 heavy (non-hydrogen) atoms. The largest absolute Gasteiger partial charge is 0.283 e. The molecule has 2 N–H and O–H groups in total. The predicted molar refractivity (Wildman–Crippen MR) is 126 cm³/mol. The van der Waals surface area contributed by atoms with Gasteiger partial charge >= 0.3 is 0 Å². The minimum Gasteiger partial charge on any atom is -0.283 e. The Balaban J connectivity index is 1.77. The van der Waals surface area contributed by atoms with E-state index in [2.05, 4.69) is 9.44 Å². The normalized spacial score (nSPS) is 11.9. The van der Waals surface area contributed by atoms with Gasteiger partial charge in [-0.05, 0) is 48.5 Å². The number of anilines is 2.